The number of likely N-dealkylation sites (N-methyl/N-ethyl adjacent to an activating group) is 1. The second-order valence-corrected chi connectivity index (χ2v) is 5.07. The minimum absolute atomic E-state index is 0.100. The predicted octanol–water partition coefficient (Wildman–Crippen LogP) is 2.20. The van der Waals surface area contributed by atoms with Gasteiger partial charge in [-0.2, -0.15) is 0 Å². The number of carbonyl (C=O) groups is 1. The lowest BCUT2D eigenvalue weighted by atomic mass is 10.2. The highest BCUT2D eigenvalue weighted by Gasteiger charge is 2.27. The number of aromatic nitrogens is 1. The Hall–Kier alpha value is -1.42. The van der Waals surface area contributed by atoms with Crippen LogP contribution in [-0.2, 0) is 0 Å². The standard InChI is InChI=1S/C15H23N3O/c1-4-17(5-2)14-7-9-18(11-14)15-10-13(12(3)19)6-8-16-15/h6,8,10,14H,4-5,7,9,11H2,1-3H3. The monoisotopic (exact) mass is 261 g/mol. The number of pyridine rings is 1. The van der Waals surface area contributed by atoms with Crippen molar-refractivity contribution in [3.8, 4) is 0 Å². The molecule has 0 bridgehead atoms. The summed E-state index contributed by atoms with van der Waals surface area (Å²) >= 11 is 0. The average molecular weight is 261 g/mol. The molecule has 4 nitrogen and oxygen atoms in total. The number of Topliss-reactive ketones (excluding diaryl/α,β-unsaturated/α-hetero) is 1. The normalized spacial score (nSPS) is 19.2. The van der Waals surface area contributed by atoms with Gasteiger partial charge in [-0.1, -0.05) is 13.8 Å². The number of carbonyl (C=O) groups excluding carboxylic acids is 1. The van der Waals surface area contributed by atoms with E-state index >= 15 is 0 Å². The average Bonchev–Trinajstić information content (AvgIpc) is 2.90. The number of ketones is 1. The minimum atomic E-state index is 0.100. The van der Waals surface area contributed by atoms with Crippen molar-refractivity contribution in [3.05, 3.63) is 23.9 Å². The molecule has 0 amide bonds. The van der Waals surface area contributed by atoms with E-state index in [0.29, 0.717) is 6.04 Å². The third-order valence-corrected chi connectivity index (χ3v) is 3.97. The van der Waals surface area contributed by atoms with Crippen molar-refractivity contribution in [2.24, 2.45) is 0 Å². The number of hydrogen-bond acceptors (Lipinski definition) is 4. The first kappa shape index (κ1) is 14.0. The van der Waals surface area contributed by atoms with Gasteiger partial charge >= 0.3 is 0 Å². The summed E-state index contributed by atoms with van der Waals surface area (Å²) in [6.07, 6.45) is 2.91. The Morgan fingerprint density at radius 2 is 2.21 bits per heavy atom. The van der Waals surface area contributed by atoms with Crippen molar-refractivity contribution in [3.63, 3.8) is 0 Å². The van der Waals surface area contributed by atoms with Crippen molar-refractivity contribution in [2.75, 3.05) is 31.1 Å². The van der Waals surface area contributed by atoms with E-state index in [-0.39, 0.29) is 5.78 Å². The Morgan fingerprint density at radius 3 is 2.84 bits per heavy atom. The van der Waals surface area contributed by atoms with E-state index in [2.05, 4.69) is 28.6 Å². The maximum absolute atomic E-state index is 11.4. The molecule has 19 heavy (non-hydrogen) atoms. The molecule has 4 heteroatoms. The van der Waals surface area contributed by atoms with Gasteiger partial charge in [0.2, 0.25) is 0 Å². The molecule has 1 atom stereocenters. The molecule has 1 aliphatic rings. The number of anilines is 1. The van der Waals surface area contributed by atoms with E-state index in [1.807, 2.05) is 6.07 Å². The lowest BCUT2D eigenvalue weighted by Gasteiger charge is -2.26. The minimum Gasteiger partial charge on any atom is -0.355 e. The van der Waals surface area contributed by atoms with Gasteiger partial charge in [0.25, 0.3) is 0 Å². The number of hydrogen-bond donors (Lipinski definition) is 0. The molecule has 0 aromatic carbocycles. The quantitative estimate of drug-likeness (QED) is 0.761. The summed E-state index contributed by atoms with van der Waals surface area (Å²) in [4.78, 5) is 20.6. The molecule has 1 aromatic heterocycles. The fourth-order valence-corrected chi connectivity index (χ4v) is 2.80. The van der Waals surface area contributed by atoms with E-state index in [1.54, 1.807) is 19.2 Å². The molecule has 1 unspecified atom stereocenters. The Labute approximate surface area is 115 Å². The van der Waals surface area contributed by atoms with Crippen molar-refractivity contribution in [1.82, 2.24) is 9.88 Å². The molecule has 1 saturated heterocycles. The lowest BCUT2D eigenvalue weighted by molar-refractivity contribution is 0.101. The van der Waals surface area contributed by atoms with Crippen molar-refractivity contribution >= 4 is 11.6 Å². The zero-order valence-corrected chi connectivity index (χ0v) is 12.1. The van der Waals surface area contributed by atoms with Crippen LogP contribution in [0.2, 0.25) is 0 Å². The first-order chi connectivity index (χ1) is 9.15. The van der Waals surface area contributed by atoms with Gasteiger partial charge in [-0.15, -0.1) is 0 Å². The van der Waals surface area contributed by atoms with Crippen LogP contribution >= 0.6 is 0 Å². The largest absolute Gasteiger partial charge is 0.355 e. The summed E-state index contributed by atoms with van der Waals surface area (Å²) in [5.41, 5.74) is 0.747. The first-order valence-corrected chi connectivity index (χ1v) is 7.11. The summed E-state index contributed by atoms with van der Waals surface area (Å²) in [7, 11) is 0. The van der Waals surface area contributed by atoms with Crippen molar-refractivity contribution in [2.45, 2.75) is 33.2 Å². The fraction of sp³-hybridized carbons (Fsp3) is 0.600. The number of rotatable bonds is 5. The molecule has 104 valence electrons. The van der Waals surface area contributed by atoms with Crippen LogP contribution in [0.4, 0.5) is 5.82 Å². The molecule has 0 N–H and O–H groups in total. The fourth-order valence-electron chi connectivity index (χ4n) is 2.80. The summed E-state index contributed by atoms with van der Waals surface area (Å²) in [5, 5.41) is 0. The Balaban J connectivity index is 2.08. The summed E-state index contributed by atoms with van der Waals surface area (Å²) in [6.45, 7) is 10.2. The lowest BCUT2D eigenvalue weighted by Crippen LogP contribution is -2.37. The SMILES string of the molecule is CCN(CC)C1CCN(c2cc(C(C)=O)ccn2)C1. The first-order valence-electron chi connectivity index (χ1n) is 7.11. The van der Waals surface area contributed by atoms with Crippen LogP contribution in [0.15, 0.2) is 18.3 Å². The Kier molecular flexibility index (Phi) is 4.53. The van der Waals surface area contributed by atoms with Crippen LogP contribution in [0.1, 0.15) is 37.6 Å². The molecule has 1 aliphatic heterocycles. The highest BCUT2D eigenvalue weighted by molar-refractivity contribution is 5.94. The highest BCUT2D eigenvalue weighted by Crippen LogP contribution is 2.22. The van der Waals surface area contributed by atoms with Crippen LogP contribution in [-0.4, -0.2) is 47.9 Å². The molecule has 1 aromatic rings. The zero-order chi connectivity index (χ0) is 13.8. The third-order valence-electron chi connectivity index (χ3n) is 3.97. The molecule has 1 fully saturated rings. The summed E-state index contributed by atoms with van der Waals surface area (Å²) < 4.78 is 0. The van der Waals surface area contributed by atoms with Gasteiger partial charge in [0.1, 0.15) is 5.82 Å². The van der Waals surface area contributed by atoms with Crippen LogP contribution in [0.5, 0.6) is 0 Å². The van der Waals surface area contributed by atoms with Gasteiger partial charge in [-0.25, -0.2) is 4.98 Å². The van der Waals surface area contributed by atoms with E-state index < -0.39 is 0 Å². The van der Waals surface area contributed by atoms with Gasteiger partial charge in [0, 0.05) is 30.9 Å². The molecule has 0 aliphatic carbocycles. The summed E-state index contributed by atoms with van der Waals surface area (Å²) in [6, 6.07) is 4.30. The third kappa shape index (κ3) is 3.13. The van der Waals surface area contributed by atoms with Gasteiger partial charge in [-0.05, 0) is 38.6 Å². The van der Waals surface area contributed by atoms with Gasteiger partial charge in [0.05, 0.1) is 0 Å². The van der Waals surface area contributed by atoms with Crippen LogP contribution in [0.25, 0.3) is 0 Å². The molecule has 2 heterocycles. The van der Waals surface area contributed by atoms with Gasteiger partial charge in [-0.3, -0.25) is 9.69 Å². The molecule has 0 saturated carbocycles. The van der Waals surface area contributed by atoms with Gasteiger partial charge in [0.15, 0.2) is 5.78 Å². The van der Waals surface area contributed by atoms with E-state index in [4.69, 9.17) is 0 Å². The van der Waals surface area contributed by atoms with Crippen LogP contribution in [0, 0.1) is 0 Å². The van der Waals surface area contributed by atoms with Crippen molar-refractivity contribution in [1.29, 1.82) is 0 Å². The summed E-state index contributed by atoms with van der Waals surface area (Å²) in [5.74, 6) is 1.03. The Morgan fingerprint density at radius 1 is 1.47 bits per heavy atom. The second-order valence-electron chi connectivity index (χ2n) is 5.07. The maximum Gasteiger partial charge on any atom is 0.159 e. The molecule has 0 radical (unpaired) electrons. The topological polar surface area (TPSA) is 36.4 Å². The number of nitrogens with zero attached hydrogens (tertiary/aromatic N) is 3. The highest BCUT2D eigenvalue weighted by atomic mass is 16.1. The maximum atomic E-state index is 11.4. The smallest absolute Gasteiger partial charge is 0.159 e. The van der Waals surface area contributed by atoms with Crippen LogP contribution in [0.3, 0.4) is 0 Å². The van der Waals surface area contributed by atoms with E-state index in [0.717, 1.165) is 37.6 Å². The van der Waals surface area contributed by atoms with Crippen LogP contribution < -0.4 is 4.90 Å². The predicted molar refractivity (Wildman–Crippen MR) is 77.8 cm³/mol. The van der Waals surface area contributed by atoms with E-state index in [9.17, 15) is 4.79 Å². The molecule has 0 spiro atoms. The zero-order valence-electron chi connectivity index (χ0n) is 12.1. The van der Waals surface area contributed by atoms with Gasteiger partial charge < -0.3 is 4.90 Å². The van der Waals surface area contributed by atoms with E-state index in [1.165, 1.54) is 6.42 Å². The molecular weight excluding hydrogens is 238 g/mol. The molecular formula is C15H23N3O. The Bertz CT molecular complexity index is 443. The molecule has 2 rings (SSSR count). The second kappa shape index (κ2) is 6.15. The van der Waals surface area contributed by atoms with Crippen molar-refractivity contribution < 1.29 is 4.79 Å².